The van der Waals surface area contributed by atoms with Crippen LogP contribution in [0.5, 0.6) is 0 Å². The molecule has 1 atom stereocenters. The molecule has 0 heterocycles. The topological polar surface area (TPSA) is 72.2 Å². The van der Waals surface area contributed by atoms with E-state index in [0.717, 1.165) is 12.8 Å². The molecule has 90 valence electrons. The zero-order chi connectivity index (χ0) is 11.3. The lowest BCUT2D eigenvalue weighted by Gasteiger charge is -2.29. The van der Waals surface area contributed by atoms with Gasteiger partial charge in [-0.2, -0.15) is 0 Å². The van der Waals surface area contributed by atoms with Gasteiger partial charge in [0.05, 0.1) is 5.75 Å². The Morgan fingerprint density at radius 1 is 1.33 bits per heavy atom. The molecule has 4 nitrogen and oxygen atoms in total. The third-order valence-electron chi connectivity index (χ3n) is 3.18. The maximum absolute atomic E-state index is 11.4. The highest BCUT2D eigenvalue weighted by Gasteiger charge is 2.25. The van der Waals surface area contributed by atoms with E-state index in [0.29, 0.717) is 12.5 Å². The molecule has 1 aliphatic rings. The molecule has 0 spiro atoms. The van der Waals surface area contributed by atoms with Gasteiger partial charge < -0.3 is 5.73 Å². The highest BCUT2D eigenvalue weighted by molar-refractivity contribution is 7.89. The summed E-state index contributed by atoms with van der Waals surface area (Å²) in [5, 5.41) is 0. The Morgan fingerprint density at radius 3 is 2.40 bits per heavy atom. The number of sulfonamides is 1. The third kappa shape index (κ3) is 4.09. The first-order valence-electron chi connectivity index (χ1n) is 5.79. The van der Waals surface area contributed by atoms with Gasteiger partial charge in [0.2, 0.25) is 10.0 Å². The van der Waals surface area contributed by atoms with Crippen molar-refractivity contribution in [3.8, 4) is 0 Å². The first-order valence-corrected chi connectivity index (χ1v) is 7.44. The fourth-order valence-electron chi connectivity index (χ4n) is 2.19. The van der Waals surface area contributed by atoms with E-state index in [-0.39, 0.29) is 11.8 Å². The second-order valence-corrected chi connectivity index (χ2v) is 6.30. The summed E-state index contributed by atoms with van der Waals surface area (Å²) in [5.41, 5.74) is 5.64. The van der Waals surface area contributed by atoms with E-state index in [1.807, 2.05) is 0 Å². The molecule has 0 aliphatic heterocycles. The molecule has 0 aromatic heterocycles. The Labute approximate surface area is 92.7 Å². The monoisotopic (exact) mass is 234 g/mol. The van der Waals surface area contributed by atoms with Gasteiger partial charge in [-0.25, -0.2) is 13.1 Å². The molecule has 1 saturated carbocycles. The summed E-state index contributed by atoms with van der Waals surface area (Å²) < 4.78 is 25.6. The van der Waals surface area contributed by atoms with Crippen LogP contribution in [0.4, 0.5) is 0 Å². The Bertz CT molecular complexity index is 271. The first-order chi connectivity index (χ1) is 7.09. The normalized spacial score (nSPS) is 21.5. The minimum atomic E-state index is -3.11. The molecule has 1 unspecified atom stereocenters. The van der Waals surface area contributed by atoms with Crippen LogP contribution in [0.1, 0.15) is 39.0 Å². The van der Waals surface area contributed by atoms with Crippen LogP contribution < -0.4 is 10.5 Å². The van der Waals surface area contributed by atoms with Crippen molar-refractivity contribution in [3.63, 3.8) is 0 Å². The van der Waals surface area contributed by atoms with Crippen molar-refractivity contribution in [3.05, 3.63) is 0 Å². The predicted octanol–water partition coefficient (Wildman–Crippen LogP) is 0.833. The quantitative estimate of drug-likeness (QED) is 0.740. The molecule has 3 N–H and O–H groups in total. The molecular weight excluding hydrogens is 212 g/mol. The molecular formula is C10H22N2O2S. The molecule has 0 radical (unpaired) electrons. The molecule has 1 aliphatic carbocycles. The van der Waals surface area contributed by atoms with Crippen LogP contribution >= 0.6 is 0 Å². The average molecular weight is 234 g/mol. The smallest absolute Gasteiger partial charge is 0.211 e. The van der Waals surface area contributed by atoms with Crippen molar-refractivity contribution in [2.24, 2.45) is 11.7 Å². The van der Waals surface area contributed by atoms with Gasteiger partial charge in [-0.1, -0.05) is 19.3 Å². The zero-order valence-electron chi connectivity index (χ0n) is 9.41. The van der Waals surface area contributed by atoms with E-state index >= 15 is 0 Å². The van der Waals surface area contributed by atoms with Crippen LogP contribution in [-0.4, -0.2) is 26.8 Å². The highest BCUT2D eigenvalue weighted by Crippen LogP contribution is 2.26. The van der Waals surface area contributed by atoms with Crippen molar-refractivity contribution in [2.75, 3.05) is 12.3 Å². The second-order valence-electron chi connectivity index (χ2n) is 4.26. The number of nitrogens with two attached hydrogens (primary N) is 1. The fraction of sp³-hybridized carbons (Fsp3) is 1.00. The molecule has 1 rings (SSSR count). The number of hydrogen-bond acceptors (Lipinski definition) is 3. The molecule has 0 aromatic carbocycles. The summed E-state index contributed by atoms with van der Waals surface area (Å²) in [6, 6.07) is -0.0600. The minimum Gasteiger partial charge on any atom is -0.329 e. The lowest BCUT2D eigenvalue weighted by molar-refractivity contribution is 0.294. The van der Waals surface area contributed by atoms with E-state index in [1.54, 1.807) is 6.92 Å². The summed E-state index contributed by atoms with van der Waals surface area (Å²) in [7, 11) is -3.11. The maximum Gasteiger partial charge on any atom is 0.211 e. The van der Waals surface area contributed by atoms with Crippen LogP contribution in [0, 0.1) is 5.92 Å². The van der Waals surface area contributed by atoms with Gasteiger partial charge in [-0.05, 0) is 25.7 Å². The van der Waals surface area contributed by atoms with Gasteiger partial charge in [-0.3, -0.25) is 0 Å². The van der Waals surface area contributed by atoms with Crippen molar-refractivity contribution < 1.29 is 8.42 Å². The van der Waals surface area contributed by atoms with Gasteiger partial charge in [0, 0.05) is 12.6 Å². The first kappa shape index (κ1) is 12.9. The van der Waals surface area contributed by atoms with Gasteiger partial charge in [-0.15, -0.1) is 0 Å². The standard InChI is InChI=1S/C10H22N2O2S/c1-2-15(13,14)12-10(8-11)9-6-4-3-5-7-9/h9-10,12H,2-8,11H2,1H3. The van der Waals surface area contributed by atoms with Gasteiger partial charge in [0.25, 0.3) is 0 Å². The zero-order valence-corrected chi connectivity index (χ0v) is 10.2. The molecule has 1 fully saturated rings. The lowest BCUT2D eigenvalue weighted by Crippen LogP contribution is -2.46. The fourth-order valence-corrected chi connectivity index (χ4v) is 3.10. The summed E-state index contributed by atoms with van der Waals surface area (Å²) in [5.74, 6) is 0.570. The Morgan fingerprint density at radius 2 is 1.93 bits per heavy atom. The van der Waals surface area contributed by atoms with Crippen molar-refractivity contribution in [1.29, 1.82) is 0 Å². The SMILES string of the molecule is CCS(=O)(=O)NC(CN)C1CCCCC1. The summed E-state index contributed by atoms with van der Waals surface area (Å²) in [6.45, 7) is 2.06. The number of hydrogen-bond donors (Lipinski definition) is 2. The van der Waals surface area contributed by atoms with Crippen LogP contribution in [0.15, 0.2) is 0 Å². The summed E-state index contributed by atoms with van der Waals surface area (Å²) in [4.78, 5) is 0. The van der Waals surface area contributed by atoms with Crippen molar-refractivity contribution >= 4 is 10.0 Å². The summed E-state index contributed by atoms with van der Waals surface area (Å²) in [6.07, 6.45) is 5.89. The largest absolute Gasteiger partial charge is 0.329 e. The van der Waals surface area contributed by atoms with Gasteiger partial charge in [0.1, 0.15) is 0 Å². The Hall–Kier alpha value is -0.130. The summed E-state index contributed by atoms with van der Waals surface area (Å²) >= 11 is 0. The third-order valence-corrected chi connectivity index (χ3v) is 4.61. The van der Waals surface area contributed by atoms with E-state index in [9.17, 15) is 8.42 Å². The van der Waals surface area contributed by atoms with Gasteiger partial charge >= 0.3 is 0 Å². The Kier molecular flexibility index (Phi) is 5.02. The average Bonchev–Trinajstić information content (AvgIpc) is 2.27. The van der Waals surface area contributed by atoms with Crippen molar-refractivity contribution in [2.45, 2.75) is 45.1 Å². The van der Waals surface area contributed by atoms with Crippen LogP contribution in [-0.2, 0) is 10.0 Å². The predicted molar refractivity (Wildman–Crippen MR) is 62.0 cm³/mol. The minimum absolute atomic E-state index is 0.0600. The molecule has 0 saturated heterocycles. The number of nitrogens with one attached hydrogen (secondary N) is 1. The van der Waals surface area contributed by atoms with E-state index in [2.05, 4.69) is 4.72 Å². The maximum atomic E-state index is 11.4. The highest BCUT2D eigenvalue weighted by atomic mass is 32.2. The van der Waals surface area contributed by atoms with Crippen LogP contribution in [0.3, 0.4) is 0 Å². The molecule has 15 heavy (non-hydrogen) atoms. The second kappa shape index (κ2) is 5.82. The molecule has 5 heteroatoms. The van der Waals surface area contributed by atoms with Crippen LogP contribution in [0.25, 0.3) is 0 Å². The molecule has 0 amide bonds. The van der Waals surface area contributed by atoms with Gasteiger partial charge in [0.15, 0.2) is 0 Å². The van der Waals surface area contributed by atoms with Crippen LogP contribution in [0.2, 0.25) is 0 Å². The van der Waals surface area contributed by atoms with E-state index in [4.69, 9.17) is 5.73 Å². The van der Waals surface area contributed by atoms with E-state index in [1.165, 1.54) is 19.3 Å². The number of rotatable bonds is 5. The van der Waals surface area contributed by atoms with E-state index < -0.39 is 10.0 Å². The molecule has 0 aromatic rings. The van der Waals surface area contributed by atoms with Crippen molar-refractivity contribution in [1.82, 2.24) is 4.72 Å². The molecule has 0 bridgehead atoms. The Balaban J connectivity index is 2.54. The lowest BCUT2D eigenvalue weighted by atomic mass is 9.84.